The van der Waals surface area contributed by atoms with Gasteiger partial charge in [0.2, 0.25) is 0 Å². The summed E-state index contributed by atoms with van der Waals surface area (Å²) in [6.45, 7) is 0.804. The molecule has 5 heteroatoms. The van der Waals surface area contributed by atoms with Crippen LogP contribution < -0.4 is 5.32 Å². The molecule has 4 nitrogen and oxygen atoms in total. The molecular formula is C11H11BrN2O2. The van der Waals surface area contributed by atoms with Crippen molar-refractivity contribution in [3.63, 3.8) is 0 Å². The SMILES string of the molecule is N#Cc1cc(Br)ccc1NC1COCC1O. The molecule has 1 aliphatic heterocycles. The minimum atomic E-state index is -0.518. The third-order valence-electron chi connectivity index (χ3n) is 2.49. The number of anilines is 1. The van der Waals surface area contributed by atoms with Crippen molar-refractivity contribution < 1.29 is 9.84 Å². The molecule has 2 unspecified atom stereocenters. The van der Waals surface area contributed by atoms with Gasteiger partial charge < -0.3 is 15.2 Å². The summed E-state index contributed by atoms with van der Waals surface area (Å²) in [5.74, 6) is 0. The van der Waals surface area contributed by atoms with Gasteiger partial charge in [0.1, 0.15) is 6.07 Å². The Balaban J connectivity index is 2.18. The van der Waals surface area contributed by atoms with Gasteiger partial charge in [-0.1, -0.05) is 15.9 Å². The van der Waals surface area contributed by atoms with Crippen LogP contribution in [0, 0.1) is 11.3 Å². The predicted octanol–water partition coefficient (Wildman–Crippen LogP) is 1.49. The first-order valence-corrected chi connectivity index (χ1v) is 5.72. The van der Waals surface area contributed by atoms with Crippen LogP contribution in [0.25, 0.3) is 0 Å². The van der Waals surface area contributed by atoms with Crippen LogP contribution in [0.4, 0.5) is 5.69 Å². The van der Waals surface area contributed by atoms with Crippen molar-refractivity contribution >= 4 is 21.6 Å². The smallest absolute Gasteiger partial charge is 0.101 e. The first-order chi connectivity index (χ1) is 7.70. The average Bonchev–Trinajstić information content (AvgIpc) is 2.67. The number of aliphatic hydroxyl groups is 1. The molecule has 0 aliphatic carbocycles. The van der Waals surface area contributed by atoms with Gasteiger partial charge in [-0.15, -0.1) is 0 Å². The lowest BCUT2D eigenvalue weighted by molar-refractivity contribution is 0.125. The summed E-state index contributed by atoms with van der Waals surface area (Å²) in [6, 6.07) is 7.37. The lowest BCUT2D eigenvalue weighted by Crippen LogP contribution is -2.32. The van der Waals surface area contributed by atoms with E-state index in [2.05, 4.69) is 27.3 Å². The molecular weight excluding hydrogens is 272 g/mol. The van der Waals surface area contributed by atoms with Gasteiger partial charge in [-0.25, -0.2) is 0 Å². The number of nitrogens with one attached hydrogen (secondary N) is 1. The van der Waals surface area contributed by atoms with E-state index >= 15 is 0 Å². The molecule has 2 rings (SSSR count). The monoisotopic (exact) mass is 282 g/mol. The molecule has 0 saturated carbocycles. The quantitative estimate of drug-likeness (QED) is 0.863. The Hall–Kier alpha value is -1.09. The highest BCUT2D eigenvalue weighted by Gasteiger charge is 2.26. The molecule has 0 radical (unpaired) electrons. The van der Waals surface area contributed by atoms with Crippen molar-refractivity contribution in [2.75, 3.05) is 18.5 Å². The van der Waals surface area contributed by atoms with E-state index < -0.39 is 6.10 Å². The van der Waals surface area contributed by atoms with Crippen molar-refractivity contribution in [2.45, 2.75) is 12.1 Å². The van der Waals surface area contributed by atoms with E-state index in [-0.39, 0.29) is 6.04 Å². The van der Waals surface area contributed by atoms with Crippen LogP contribution in [-0.4, -0.2) is 30.5 Å². The van der Waals surface area contributed by atoms with Crippen molar-refractivity contribution in [1.29, 1.82) is 5.26 Å². The normalized spacial score (nSPS) is 24.1. The molecule has 0 amide bonds. The van der Waals surface area contributed by atoms with Gasteiger partial charge in [0.05, 0.1) is 36.6 Å². The Labute approximate surface area is 102 Å². The molecule has 16 heavy (non-hydrogen) atoms. The van der Waals surface area contributed by atoms with Gasteiger partial charge in [-0.3, -0.25) is 0 Å². The standard InChI is InChI=1S/C11H11BrN2O2/c12-8-1-2-9(7(3-8)4-13)14-10-5-16-6-11(10)15/h1-3,10-11,14-15H,5-6H2. The number of hydrogen-bond donors (Lipinski definition) is 2. The summed E-state index contributed by atoms with van der Waals surface area (Å²) >= 11 is 3.31. The zero-order valence-electron chi connectivity index (χ0n) is 8.48. The van der Waals surface area contributed by atoms with Crippen molar-refractivity contribution in [3.8, 4) is 6.07 Å². The van der Waals surface area contributed by atoms with Crippen LogP contribution in [0.15, 0.2) is 22.7 Å². The molecule has 2 N–H and O–H groups in total. The van der Waals surface area contributed by atoms with E-state index in [1.807, 2.05) is 12.1 Å². The highest BCUT2D eigenvalue weighted by molar-refractivity contribution is 9.10. The van der Waals surface area contributed by atoms with Gasteiger partial charge in [0.25, 0.3) is 0 Å². The third-order valence-corrected chi connectivity index (χ3v) is 2.99. The summed E-state index contributed by atoms with van der Waals surface area (Å²) in [6.07, 6.45) is -0.518. The zero-order chi connectivity index (χ0) is 11.5. The van der Waals surface area contributed by atoms with Crippen LogP contribution >= 0.6 is 15.9 Å². The van der Waals surface area contributed by atoms with Crippen LogP contribution in [0.3, 0.4) is 0 Å². The van der Waals surface area contributed by atoms with Gasteiger partial charge in [0.15, 0.2) is 0 Å². The summed E-state index contributed by atoms with van der Waals surface area (Å²) in [7, 11) is 0. The zero-order valence-corrected chi connectivity index (χ0v) is 10.1. The highest BCUT2D eigenvalue weighted by Crippen LogP contribution is 2.22. The summed E-state index contributed by atoms with van der Waals surface area (Å²) in [4.78, 5) is 0. The molecule has 1 aromatic carbocycles. The number of ether oxygens (including phenoxy) is 1. The maximum absolute atomic E-state index is 9.59. The Kier molecular flexibility index (Phi) is 3.44. The van der Waals surface area contributed by atoms with Crippen LogP contribution in [0.2, 0.25) is 0 Å². The Morgan fingerprint density at radius 1 is 1.50 bits per heavy atom. The number of rotatable bonds is 2. The second-order valence-corrected chi connectivity index (χ2v) is 4.57. The summed E-state index contributed by atoms with van der Waals surface area (Å²) in [5, 5.41) is 21.7. The van der Waals surface area contributed by atoms with E-state index in [9.17, 15) is 5.11 Å². The number of aliphatic hydroxyl groups excluding tert-OH is 1. The molecule has 1 saturated heterocycles. The van der Waals surface area contributed by atoms with Gasteiger partial charge in [0, 0.05) is 4.47 Å². The topological polar surface area (TPSA) is 65.3 Å². The van der Waals surface area contributed by atoms with Crippen LogP contribution in [-0.2, 0) is 4.74 Å². The number of halogens is 1. The molecule has 1 aliphatic rings. The maximum Gasteiger partial charge on any atom is 0.101 e. The highest BCUT2D eigenvalue weighted by atomic mass is 79.9. The second kappa shape index (κ2) is 4.83. The average molecular weight is 283 g/mol. The van der Waals surface area contributed by atoms with E-state index in [1.165, 1.54) is 0 Å². The second-order valence-electron chi connectivity index (χ2n) is 3.66. The van der Waals surface area contributed by atoms with Crippen LogP contribution in [0.1, 0.15) is 5.56 Å². The molecule has 1 fully saturated rings. The molecule has 1 heterocycles. The minimum Gasteiger partial charge on any atom is -0.388 e. The van der Waals surface area contributed by atoms with Crippen molar-refractivity contribution in [1.82, 2.24) is 0 Å². The Morgan fingerprint density at radius 3 is 2.94 bits per heavy atom. The molecule has 0 aromatic heterocycles. The first kappa shape index (κ1) is 11.4. The maximum atomic E-state index is 9.59. The van der Waals surface area contributed by atoms with Crippen LogP contribution in [0.5, 0.6) is 0 Å². The number of nitriles is 1. The van der Waals surface area contributed by atoms with E-state index in [4.69, 9.17) is 10.00 Å². The summed E-state index contributed by atoms with van der Waals surface area (Å²) in [5.41, 5.74) is 1.27. The lowest BCUT2D eigenvalue weighted by atomic mass is 10.1. The molecule has 84 valence electrons. The largest absolute Gasteiger partial charge is 0.388 e. The van der Waals surface area contributed by atoms with E-state index in [1.54, 1.807) is 6.07 Å². The lowest BCUT2D eigenvalue weighted by Gasteiger charge is -2.16. The Bertz CT molecular complexity index is 430. The van der Waals surface area contributed by atoms with Crippen molar-refractivity contribution in [2.24, 2.45) is 0 Å². The van der Waals surface area contributed by atoms with E-state index in [0.717, 1.165) is 10.2 Å². The molecule has 0 spiro atoms. The summed E-state index contributed by atoms with van der Waals surface area (Å²) < 4.78 is 5.99. The fourth-order valence-corrected chi connectivity index (χ4v) is 1.98. The van der Waals surface area contributed by atoms with E-state index in [0.29, 0.717) is 18.8 Å². The minimum absolute atomic E-state index is 0.145. The molecule has 0 bridgehead atoms. The number of nitrogens with zero attached hydrogens (tertiary/aromatic N) is 1. The fraction of sp³-hybridized carbons (Fsp3) is 0.364. The number of benzene rings is 1. The predicted molar refractivity (Wildman–Crippen MR) is 63.1 cm³/mol. The van der Waals surface area contributed by atoms with Crippen molar-refractivity contribution in [3.05, 3.63) is 28.2 Å². The molecule has 1 aromatic rings. The van der Waals surface area contributed by atoms with Gasteiger partial charge in [-0.2, -0.15) is 5.26 Å². The fourth-order valence-electron chi connectivity index (χ4n) is 1.62. The third kappa shape index (κ3) is 2.35. The van der Waals surface area contributed by atoms with Gasteiger partial charge >= 0.3 is 0 Å². The Morgan fingerprint density at radius 2 is 2.31 bits per heavy atom. The van der Waals surface area contributed by atoms with Gasteiger partial charge in [-0.05, 0) is 18.2 Å². The molecule has 2 atom stereocenters. The number of hydrogen-bond acceptors (Lipinski definition) is 4. The first-order valence-electron chi connectivity index (χ1n) is 4.92.